The van der Waals surface area contributed by atoms with Crippen molar-refractivity contribution in [3.63, 3.8) is 0 Å². The molecule has 0 spiro atoms. The Hall–Kier alpha value is -1.69. The highest BCUT2D eigenvalue weighted by Crippen LogP contribution is 2.38. The summed E-state index contributed by atoms with van der Waals surface area (Å²) in [7, 11) is 0. The molecule has 5 nitrogen and oxygen atoms in total. The van der Waals surface area contributed by atoms with E-state index >= 15 is 0 Å². The third-order valence-corrected chi connectivity index (χ3v) is 3.95. The summed E-state index contributed by atoms with van der Waals surface area (Å²) in [5, 5.41) is 5.60. The predicted molar refractivity (Wildman–Crippen MR) is 73.4 cm³/mol. The molecule has 1 aliphatic rings. The zero-order chi connectivity index (χ0) is 13.2. The van der Waals surface area contributed by atoms with Crippen LogP contribution in [-0.4, -0.2) is 27.0 Å². The number of nitrogens with one attached hydrogen (secondary N) is 1. The number of carbonyl (C=O) groups excluding carboxylic acids is 1. The highest BCUT2D eigenvalue weighted by Gasteiger charge is 2.27. The molecule has 1 amide bonds. The predicted octanol–water partition coefficient (Wildman–Crippen LogP) is 1.96. The molecule has 0 bridgehead atoms. The number of nitrogens with zero attached hydrogens (tertiary/aromatic N) is 3. The number of thiazole rings is 1. The first kappa shape index (κ1) is 12.3. The van der Waals surface area contributed by atoms with Crippen LogP contribution in [0.1, 0.15) is 40.1 Å². The van der Waals surface area contributed by atoms with Crippen LogP contribution in [-0.2, 0) is 6.54 Å². The van der Waals surface area contributed by atoms with E-state index in [1.165, 1.54) is 24.2 Å². The van der Waals surface area contributed by atoms with E-state index in [9.17, 15) is 4.79 Å². The van der Waals surface area contributed by atoms with E-state index in [4.69, 9.17) is 0 Å². The Morgan fingerprint density at radius 1 is 1.58 bits per heavy atom. The zero-order valence-corrected chi connectivity index (χ0v) is 11.6. The Labute approximate surface area is 115 Å². The standard InChI is InChI=1S/C13H16N4OS/c1-9-16-11(8-19-9)13(18)15-5-7-17-6-4-14-12(17)10-2-3-10/h4,6,8,10H,2-3,5,7H2,1H3,(H,15,18). The van der Waals surface area contributed by atoms with Gasteiger partial charge in [-0.1, -0.05) is 0 Å². The van der Waals surface area contributed by atoms with Gasteiger partial charge in [0.1, 0.15) is 11.5 Å². The molecule has 1 aliphatic carbocycles. The molecule has 1 N–H and O–H groups in total. The van der Waals surface area contributed by atoms with Crippen LogP contribution in [0.4, 0.5) is 0 Å². The van der Waals surface area contributed by atoms with Crippen LogP contribution in [0.25, 0.3) is 0 Å². The van der Waals surface area contributed by atoms with Crippen molar-refractivity contribution in [1.82, 2.24) is 19.9 Å². The minimum Gasteiger partial charge on any atom is -0.349 e. The van der Waals surface area contributed by atoms with Crippen LogP contribution in [0.3, 0.4) is 0 Å². The van der Waals surface area contributed by atoms with E-state index in [1.54, 1.807) is 5.38 Å². The normalized spacial score (nSPS) is 14.6. The van der Waals surface area contributed by atoms with Gasteiger partial charge in [0.25, 0.3) is 5.91 Å². The first-order chi connectivity index (χ1) is 9.24. The second-order valence-corrected chi connectivity index (χ2v) is 5.82. The molecule has 0 unspecified atom stereocenters. The quantitative estimate of drug-likeness (QED) is 0.908. The van der Waals surface area contributed by atoms with Crippen molar-refractivity contribution in [2.24, 2.45) is 0 Å². The van der Waals surface area contributed by atoms with Crippen molar-refractivity contribution in [2.45, 2.75) is 32.2 Å². The first-order valence-corrected chi connectivity index (χ1v) is 7.33. The number of aromatic nitrogens is 3. The van der Waals surface area contributed by atoms with Gasteiger partial charge in [-0.3, -0.25) is 4.79 Å². The molecule has 0 atom stereocenters. The van der Waals surface area contributed by atoms with Gasteiger partial charge in [0.2, 0.25) is 0 Å². The molecule has 19 heavy (non-hydrogen) atoms. The number of hydrogen-bond donors (Lipinski definition) is 1. The summed E-state index contributed by atoms with van der Waals surface area (Å²) in [6.07, 6.45) is 6.29. The van der Waals surface area contributed by atoms with Gasteiger partial charge in [-0.05, 0) is 19.8 Å². The van der Waals surface area contributed by atoms with Gasteiger partial charge in [-0.25, -0.2) is 9.97 Å². The third-order valence-electron chi connectivity index (χ3n) is 3.18. The van der Waals surface area contributed by atoms with Gasteiger partial charge in [0, 0.05) is 36.8 Å². The maximum absolute atomic E-state index is 11.8. The topological polar surface area (TPSA) is 59.8 Å². The van der Waals surface area contributed by atoms with E-state index in [2.05, 4.69) is 19.9 Å². The van der Waals surface area contributed by atoms with Crippen molar-refractivity contribution >= 4 is 17.2 Å². The molecule has 2 aromatic heterocycles. The van der Waals surface area contributed by atoms with Crippen molar-refractivity contribution in [1.29, 1.82) is 0 Å². The molecular weight excluding hydrogens is 260 g/mol. The highest BCUT2D eigenvalue weighted by molar-refractivity contribution is 7.09. The summed E-state index contributed by atoms with van der Waals surface area (Å²) < 4.78 is 2.13. The SMILES string of the molecule is Cc1nc(C(=O)NCCn2ccnc2C2CC2)cs1. The van der Waals surface area contributed by atoms with E-state index < -0.39 is 0 Å². The van der Waals surface area contributed by atoms with Gasteiger partial charge >= 0.3 is 0 Å². The smallest absolute Gasteiger partial charge is 0.270 e. The number of hydrogen-bond acceptors (Lipinski definition) is 4. The van der Waals surface area contributed by atoms with Crippen molar-refractivity contribution in [3.05, 3.63) is 34.3 Å². The van der Waals surface area contributed by atoms with Gasteiger partial charge in [-0.15, -0.1) is 11.3 Å². The Morgan fingerprint density at radius 3 is 3.11 bits per heavy atom. The number of amides is 1. The number of rotatable bonds is 5. The van der Waals surface area contributed by atoms with Crippen molar-refractivity contribution in [2.75, 3.05) is 6.54 Å². The number of carbonyl (C=O) groups is 1. The molecule has 2 aromatic rings. The fraction of sp³-hybridized carbons (Fsp3) is 0.462. The monoisotopic (exact) mass is 276 g/mol. The maximum Gasteiger partial charge on any atom is 0.270 e. The Morgan fingerprint density at radius 2 is 2.42 bits per heavy atom. The maximum atomic E-state index is 11.8. The van der Waals surface area contributed by atoms with Crippen LogP contribution in [0, 0.1) is 6.92 Å². The summed E-state index contributed by atoms with van der Waals surface area (Å²) in [6, 6.07) is 0. The average molecular weight is 276 g/mol. The van der Waals surface area contributed by atoms with Crippen LogP contribution < -0.4 is 5.32 Å². The molecule has 6 heteroatoms. The summed E-state index contributed by atoms with van der Waals surface area (Å²) in [5.41, 5.74) is 0.510. The van der Waals surface area contributed by atoms with Crippen LogP contribution >= 0.6 is 11.3 Å². The summed E-state index contributed by atoms with van der Waals surface area (Å²) in [4.78, 5) is 20.4. The van der Waals surface area contributed by atoms with E-state index in [0.717, 1.165) is 17.4 Å². The number of aryl methyl sites for hydroxylation is 1. The Bertz CT molecular complexity index is 585. The lowest BCUT2D eigenvalue weighted by Gasteiger charge is -2.07. The molecule has 2 heterocycles. The molecule has 0 radical (unpaired) electrons. The molecule has 0 aromatic carbocycles. The van der Waals surface area contributed by atoms with Gasteiger partial charge in [-0.2, -0.15) is 0 Å². The summed E-state index contributed by atoms with van der Waals surface area (Å²) in [6.45, 7) is 3.26. The molecule has 0 saturated heterocycles. The van der Waals surface area contributed by atoms with Crippen LogP contribution in [0.2, 0.25) is 0 Å². The van der Waals surface area contributed by atoms with E-state index in [-0.39, 0.29) is 5.91 Å². The van der Waals surface area contributed by atoms with E-state index in [0.29, 0.717) is 18.2 Å². The lowest BCUT2D eigenvalue weighted by molar-refractivity contribution is 0.0948. The Kier molecular flexibility index (Phi) is 3.33. The van der Waals surface area contributed by atoms with Crippen LogP contribution in [0.15, 0.2) is 17.8 Å². The molecule has 100 valence electrons. The van der Waals surface area contributed by atoms with Crippen LogP contribution in [0.5, 0.6) is 0 Å². The summed E-state index contributed by atoms with van der Waals surface area (Å²) in [5.74, 6) is 1.68. The third kappa shape index (κ3) is 2.84. The summed E-state index contributed by atoms with van der Waals surface area (Å²) >= 11 is 1.49. The van der Waals surface area contributed by atoms with E-state index in [1.807, 2.05) is 19.3 Å². The molecule has 0 aliphatic heterocycles. The van der Waals surface area contributed by atoms with Gasteiger partial charge in [0.15, 0.2) is 0 Å². The average Bonchev–Trinajstić information content (AvgIpc) is 2.97. The largest absolute Gasteiger partial charge is 0.349 e. The number of imidazole rings is 1. The lowest BCUT2D eigenvalue weighted by atomic mass is 10.4. The second kappa shape index (κ2) is 5.13. The van der Waals surface area contributed by atoms with Gasteiger partial charge < -0.3 is 9.88 Å². The molecule has 3 rings (SSSR count). The molecular formula is C13H16N4OS. The minimum absolute atomic E-state index is 0.0996. The fourth-order valence-electron chi connectivity index (χ4n) is 2.06. The molecule has 1 fully saturated rings. The fourth-order valence-corrected chi connectivity index (χ4v) is 2.65. The Balaban J connectivity index is 1.52. The van der Waals surface area contributed by atoms with Crippen molar-refractivity contribution in [3.8, 4) is 0 Å². The highest BCUT2D eigenvalue weighted by atomic mass is 32.1. The van der Waals surface area contributed by atoms with Crippen molar-refractivity contribution < 1.29 is 4.79 Å². The second-order valence-electron chi connectivity index (χ2n) is 4.76. The first-order valence-electron chi connectivity index (χ1n) is 6.45. The zero-order valence-electron chi connectivity index (χ0n) is 10.8. The lowest BCUT2D eigenvalue weighted by Crippen LogP contribution is -2.27. The minimum atomic E-state index is -0.0996. The molecule has 1 saturated carbocycles. The van der Waals surface area contributed by atoms with Gasteiger partial charge in [0.05, 0.1) is 5.01 Å².